The average molecular weight is 809 g/mol. The molecule has 239 valence electrons. The van der Waals surface area contributed by atoms with Gasteiger partial charge in [0.05, 0.1) is 0 Å². The van der Waals surface area contributed by atoms with Crippen LogP contribution >= 0.6 is 11.3 Å². The Kier molecular flexibility index (Phi) is 10.9. The number of hydrogen-bond acceptors (Lipinski definition) is 3. The molecule has 4 aromatic carbocycles. The normalized spacial score (nSPS) is 11.3. The van der Waals surface area contributed by atoms with Crippen LogP contribution in [-0.4, -0.2) is 9.97 Å². The maximum atomic E-state index is 4.71. The van der Waals surface area contributed by atoms with Crippen molar-refractivity contribution in [2.45, 2.75) is 53.4 Å². The number of pyridine rings is 2. The molecule has 3 aromatic heterocycles. The van der Waals surface area contributed by atoms with Crippen LogP contribution in [0.25, 0.3) is 42.7 Å². The van der Waals surface area contributed by atoms with Crippen LogP contribution < -0.4 is 0 Å². The maximum Gasteiger partial charge on any atom is 0.0239 e. The minimum absolute atomic E-state index is 0. The van der Waals surface area contributed by atoms with Gasteiger partial charge in [-0.3, -0.25) is 0 Å². The zero-order chi connectivity index (χ0) is 32.3. The molecule has 0 aliphatic heterocycles. The van der Waals surface area contributed by atoms with Crippen LogP contribution in [0, 0.1) is 31.9 Å². The van der Waals surface area contributed by atoms with Gasteiger partial charge in [0.2, 0.25) is 0 Å². The zero-order valence-electron chi connectivity index (χ0n) is 27.9. The van der Waals surface area contributed by atoms with Gasteiger partial charge in [0.25, 0.3) is 0 Å². The predicted molar refractivity (Wildman–Crippen MR) is 196 cm³/mol. The molecule has 1 radical (unpaired) electrons. The Bertz CT molecular complexity index is 2090. The number of fused-ring (bicyclic) bond motifs is 3. The fraction of sp³-hybridized carbons (Fsp3) is 0.209. The first kappa shape index (κ1) is 34.4. The second-order valence-corrected chi connectivity index (χ2v) is 14.0. The summed E-state index contributed by atoms with van der Waals surface area (Å²) in [5.74, 6) is 0.669. The first-order chi connectivity index (χ1) is 22.2. The van der Waals surface area contributed by atoms with Gasteiger partial charge in [0.1, 0.15) is 0 Å². The zero-order valence-corrected chi connectivity index (χ0v) is 31.1. The molecule has 0 atom stereocenters. The van der Waals surface area contributed by atoms with E-state index in [0.717, 1.165) is 28.9 Å². The van der Waals surface area contributed by atoms with Crippen molar-refractivity contribution in [3.63, 3.8) is 0 Å². The van der Waals surface area contributed by atoms with E-state index in [0.29, 0.717) is 5.92 Å². The van der Waals surface area contributed by atoms with Crippen LogP contribution in [0.5, 0.6) is 0 Å². The molecule has 7 aromatic rings. The summed E-state index contributed by atoms with van der Waals surface area (Å²) in [6.07, 6.45) is 5.03. The number of rotatable bonds is 6. The van der Waals surface area contributed by atoms with E-state index in [1.165, 1.54) is 48.0 Å². The molecule has 0 amide bonds. The van der Waals surface area contributed by atoms with Crippen molar-refractivity contribution < 1.29 is 20.1 Å². The van der Waals surface area contributed by atoms with Crippen LogP contribution in [0.15, 0.2) is 116 Å². The van der Waals surface area contributed by atoms with Crippen molar-refractivity contribution in [2.24, 2.45) is 5.92 Å². The molecular formula is C43H40IrN2S-2. The molecule has 3 heterocycles. The molecule has 0 N–H and O–H groups in total. The Balaban J connectivity index is 0.000000199. The van der Waals surface area contributed by atoms with Gasteiger partial charge in [-0.05, 0) is 69.6 Å². The summed E-state index contributed by atoms with van der Waals surface area (Å²) in [5.41, 5.74) is 10.5. The van der Waals surface area contributed by atoms with Crippen LogP contribution in [0.1, 0.15) is 55.5 Å². The molecule has 0 aliphatic rings. The summed E-state index contributed by atoms with van der Waals surface area (Å²) in [4.78, 5) is 9.27. The average Bonchev–Trinajstić information content (AvgIpc) is 3.46. The third kappa shape index (κ3) is 7.62. The quantitative estimate of drug-likeness (QED) is 0.156. The molecule has 0 fully saturated rings. The summed E-state index contributed by atoms with van der Waals surface area (Å²) in [6, 6.07) is 42.9. The van der Waals surface area contributed by atoms with Gasteiger partial charge in [-0.25, -0.2) is 0 Å². The van der Waals surface area contributed by atoms with E-state index in [4.69, 9.17) is 4.98 Å². The molecule has 7 rings (SSSR count). The van der Waals surface area contributed by atoms with E-state index in [-0.39, 0.29) is 25.5 Å². The standard InChI is InChI=1S/C26H20NS.C17H20N.Ir/c1-26(2,18-9-4-3-5-10-18)19-15-16-27-23(17-19)22-13-8-12-21-20-11-6-7-14-24(20)28-25(21)22;1-12(2)9-16-11-18-17(10-14(16)4)15-7-5-13(3)6-8-15;/h3-12,14-17H,1-2H3;5-7,10-12H,9H2,1-4H3;/q2*-1;. The molecule has 0 aliphatic carbocycles. The smallest absolute Gasteiger partial charge is 0.0239 e. The fourth-order valence-electron chi connectivity index (χ4n) is 5.91. The summed E-state index contributed by atoms with van der Waals surface area (Å²) >= 11 is 1.82. The molecule has 4 heteroatoms. The largest absolute Gasteiger partial charge is 0.305 e. The molecule has 0 bridgehead atoms. The van der Waals surface area contributed by atoms with E-state index < -0.39 is 0 Å². The van der Waals surface area contributed by atoms with Gasteiger partial charge in [0.15, 0.2) is 0 Å². The van der Waals surface area contributed by atoms with E-state index in [2.05, 4.69) is 150 Å². The first-order valence-electron chi connectivity index (χ1n) is 16.0. The fourth-order valence-corrected chi connectivity index (χ4v) is 7.11. The van der Waals surface area contributed by atoms with Crippen molar-refractivity contribution in [1.29, 1.82) is 0 Å². The number of thiophene rings is 1. The Morgan fingerprint density at radius 2 is 1.53 bits per heavy atom. The monoisotopic (exact) mass is 809 g/mol. The van der Waals surface area contributed by atoms with Crippen LogP contribution in [0.2, 0.25) is 0 Å². The molecular weight excluding hydrogens is 769 g/mol. The topological polar surface area (TPSA) is 25.8 Å². The maximum absolute atomic E-state index is 4.71. The molecule has 47 heavy (non-hydrogen) atoms. The van der Waals surface area contributed by atoms with Gasteiger partial charge < -0.3 is 9.97 Å². The van der Waals surface area contributed by atoms with Gasteiger partial charge >= 0.3 is 0 Å². The van der Waals surface area contributed by atoms with Crippen molar-refractivity contribution in [1.82, 2.24) is 9.97 Å². The van der Waals surface area contributed by atoms with Crippen molar-refractivity contribution in [3.8, 4) is 22.5 Å². The molecule has 0 saturated carbocycles. The van der Waals surface area contributed by atoms with Gasteiger partial charge in [0, 0.05) is 42.6 Å². The molecule has 0 spiro atoms. The minimum atomic E-state index is -0.0903. The minimum Gasteiger partial charge on any atom is -0.305 e. The van der Waals surface area contributed by atoms with Crippen molar-refractivity contribution in [2.75, 3.05) is 0 Å². The van der Waals surface area contributed by atoms with Crippen molar-refractivity contribution >= 4 is 31.5 Å². The van der Waals surface area contributed by atoms with Crippen molar-refractivity contribution in [3.05, 3.63) is 155 Å². The summed E-state index contributed by atoms with van der Waals surface area (Å²) in [7, 11) is 0. The summed E-state index contributed by atoms with van der Waals surface area (Å²) in [5, 5.41) is 2.59. The first-order valence-corrected chi connectivity index (χ1v) is 16.8. The van der Waals surface area contributed by atoms with E-state index in [1.54, 1.807) is 0 Å². The van der Waals surface area contributed by atoms with E-state index in [1.807, 2.05) is 35.9 Å². The number of aromatic nitrogens is 2. The number of hydrogen-bond donors (Lipinski definition) is 0. The number of nitrogens with zero attached hydrogens (tertiary/aromatic N) is 2. The Morgan fingerprint density at radius 3 is 2.26 bits per heavy atom. The van der Waals surface area contributed by atoms with Gasteiger partial charge in [-0.1, -0.05) is 106 Å². The summed E-state index contributed by atoms with van der Waals surface area (Å²) < 4.78 is 2.56. The second kappa shape index (κ2) is 14.9. The van der Waals surface area contributed by atoms with Crippen LogP contribution in [-0.2, 0) is 31.9 Å². The van der Waals surface area contributed by atoms with Gasteiger partial charge in [-0.2, -0.15) is 11.3 Å². The Hall–Kier alpha value is -3.95. The second-order valence-electron chi connectivity index (χ2n) is 13.0. The molecule has 0 saturated heterocycles. The summed E-state index contributed by atoms with van der Waals surface area (Å²) in [6.45, 7) is 13.3. The molecule has 0 unspecified atom stereocenters. The molecule has 2 nitrogen and oxygen atoms in total. The number of aryl methyl sites for hydroxylation is 2. The third-order valence-electron chi connectivity index (χ3n) is 8.66. The van der Waals surface area contributed by atoms with Crippen LogP contribution in [0.4, 0.5) is 0 Å². The predicted octanol–water partition coefficient (Wildman–Crippen LogP) is 11.6. The Labute approximate surface area is 297 Å². The van der Waals surface area contributed by atoms with E-state index in [9.17, 15) is 0 Å². The number of benzene rings is 4. The van der Waals surface area contributed by atoms with E-state index >= 15 is 0 Å². The van der Waals surface area contributed by atoms with Crippen LogP contribution in [0.3, 0.4) is 0 Å². The SMILES string of the molecule is CC(C)(c1ccccc1)c1ccnc(-c2[c-]ccc3c2sc2ccccc23)c1.Cc1c[c-]c(-c2cc(C)c(CC(C)C)cn2)cc1.[Ir]. The third-order valence-corrected chi connectivity index (χ3v) is 9.87. The Morgan fingerprint density at radius 1 is 0.766 bits per heavy atom. The van der Waals surface area contributed by atoms with Gasteiger partial charge in [-0.15, -0.1) is 59.2 Å².